The summed E-state index contributed by atoms with van der Waals surface area (Å²) < 4.78 is 40.0. The molecular formula is C25H30F3N5O3. The number of imidazole rings is 1. The van der Waals surface area contributed by atoms with Gasteiger partial charge in [-0.05, 0) is 54.3 Å². The van der Waals surface area contributed by atoms with Gasteiger partial charge in [0.05, 0.1) is 16.6 Å². The molecule has 0 aliphatic carbocycles. The number of halogens is 3. The molecular weight excluding hydrogens is 475 g/mol. The van der Waals surface area contributed by atoms with Crippen LogP contribution in [0.1, 0.15) is 39.2 Å². The van der Waals surface area contributed by atoms with E-state index in [2.05, 4.69) is 15.6 Å². The van der Waals surface area contributed by atoms with E-state index in [0.29, 0.717) is 36.1 Å². The predicted octanol–water partition coefficient (Wildman–Crippen LogP) is 5.48. The molecule has 0 atom stereocenters. The van der Waals surface area contributed by atoms with Crippen molar-refractivity contribution in [1.82, 2.24) is 9.55 Å². The van der Waals surface area contributed by atoms with Gasteiger partial charge in [0.15, 0.2) is 0 Å². The maximum absolute atomic E-state index is 12.8. The van der Waals surface area contributed by atoms with Crippen LogP contribution in [0.3, 0.4) is 0 Å². The highest BCUT2D eigenvalue weighted by Crippen LogP contribution is 2.30. The van der Waals surface area contributed by atoms with E-state index < -0.39 is 17.8 Å². The van der Waals surface area contributed by atoms with Crippen molar-refractivity contribution in [3.63, 3.8) is 0 Å². The lowest BCUT2D eigenvalue weighted by Crippen LogP contribution is -2.29. The number of rotatable bonds is 7. The Labute approximate surface area is 207 Å². The fourth-order valence-corrected chi connectivity index (χ4v) is 3.60. The summed E-state index contributed by atoms with van der Waals surface area (Å²) in [6.45, 7) is 6.25. The number of amides is 3. The molecule has 3 rings (SSSR count). The topological polar surface area (TPSA) is 99.5 Å². The van der Waals surface area contributed by atoms with Crippen molar-refractivity contribution in [2.75, 3.05) is 29.2 Å². The van der Waals surface area contributed by atoms with E-state index in [9.17, 15) is 27.9 Å². The van der Waals surface area contributed by atoms with Crippen LogP contribution in [-0.4, -0.2) is 40.3 Å². The van der Waals surface area contributed by atoms with Gasteiger partial charge in [-0.1, -0.05) is 20.8 Å². The average Bonchev–Trinajstić information content (AvgIpc) is 3.11. The third-order valence-electron chi connectivity index (χ3n) is 5.41. The number of fused-ring (bicyclic) bond motifs is 1. The van der Waals surface area contributed by atoms with Gasteiger partial charge in [-0.15, -0.1) is 0 Å². The van der Waals surface area contributed by atoms with Crippen molar-refractivity contribution in [2.24, 2.45) is 5.41 Å². The van der Waals surface area contributed by atoms with Crippen LogP contribution in [0.25, 0.3) is 11.0 Å². The normalized spacial score (nSPS) is 12.0. The molecule has 0 spiro atoms. The van der Waals surface area contributed by atoms with Crippen LogP contribution in [0.4, 0.5) is 35.3 Å². The summed E-state index contributed by atoms with van der Waals surface area (Å²) >= 11 is 0. The zero-order chi connectivity index (χ0) is 26.7. The van der Waals surface area contributed by atoms with E-state index >= 15 is 0 Å². The first-order valence-electron chi connectivity index (χ1n) is 11.4. The molecule has 36 heavy (non-hydrogen) atoms. The van der Waals surface area contributed by atoms with Crippen LogP contribution in [0.2, 0.25) is 0 Å². The zero-order valence-corrected chi connectivity index (χ0v) is 20.6. The Balaban J connectivity index is 1.83. The lowest BCUT2D eigenvalue weighted by Gasteiger charge is -2.23. The average molecular weight is 506 g/mol. The Morgan fingerprint density at radius 1 is 1.06 bits per heavy atom. The van der Waals surface area contributed by atoms with Crippen molar-refractivity contribution in [3.8, 4) is 0 Å². The minimum Gasteiger partial charge on any atom is -0.396 e. The smallest absolute Gasteiger partial charge is 0.396 e. The number of urea groups is 1. The van der Waals surface area contributed by atoms with Gasteiger partial charge in [0, 0.05) is 38.0 Å². The summed E-state index contributed by atoms with van der Waals surface area (Å²) in [4.78, 5) is 31.3. The van der Waals surface area contributed by atoms with E-state index in [1.165, 1.54) is 0 Å². The Kier molecular flexibility index (Phi) is 7.92. The van der Waals surface area contributed by atoms with Crippen LogP contribution >= 0.6 is 0 Å². The quantitative estimate of drug-likeness (QED) is 0.396. The van der Waals surface area contributed by atoms with Crippen LogP contribution in [0.5, 0.6) is 0 Å². The first-order valence-corrected chi connectivity index (χ1v) is 11.4. The third kappa shape index (κ3) is 6.75. The standard InChI is InChI=1S/C25H30F3N5O3/c1-24(2,3)15-21(35)32(4)18-10-11-20-19(14-18)30-22(33(20)12-5-13-34)31-23(36)29-17-8-6-16(7-9-17)25(26,27)28/h6-11,14,34H,5,12-13,15H2,1-4H3,(H2,29,30,31,36). The highest BCUT2D eigenvalue weighted by Gasteiger charge is 2.30. The highest BCUT2D eigenvalue weighted by atomic mass is 19.4. The molecule has 0 unspecified atom stereocenters. The summed E-state index contributed by atoms with van der Waals surface area (Å²) in [7, 11) is 1.69. The lowest BCUT2D eigenvalue weighted by molar-refractivity contribution is -0.137. The van der Waals surface area contributed by atoms with Gasteiger partial charge in [-0.2, -0.15) is 13.2 Å². The van der Waals surface area contributed by atoms with Crippen molar-refractivity contribution < 1.29 is 27.9 Å². The summed E-state index contributed by atoms with van der Waals surface area (Å²) in [6.07, 6.45) is -3.70. The van der Waals surface area contributed by atoms with E-state index in [0.717, 1.165) is 24.3 Å². The minimum absolute atomic E-state index is 0.0455. The van der Waals surface area contributed by atoms with Crippen LogP contribution in [-0.2, 0) is 17.5 Å². The molecule has 3 N–H and O–H groups in total. The van der Waals surface area contributed by atoms with Crippen molar-refractivity contribution in [3.05, 3.63) is 48.0 Å². The molecule has 3 amide bonds. The van der Waals surface area contributed by atoms with Crippen molar-refractivity contribution in [1.29, 1.82) is 0 Å². The number of carbonyl (C=O) groups excluding carboxylic acids is 2. The number of benzene rings is 2. The van der Waals surface area contributed by atoms with Crippen LogP contribution < -0.4 is 15.5 Å². The molecule has 1 heterocycles. The molecule has 0 aliphatic rings. The molecule has 0 fully saturated rings. The minimum atomic E-state index is -4.47. The van der Waals surface area contributed by atoms with Gasteiger partial charge >= 0.3 is 12.2 Å². The molecule has 0 aliphatic heterocycles. The number of aryl methyl sites for hydroxylation is 1. The Morgan fingerprint density at radius 3 is 2.31 bits per heavy atom. The molecule has 8 nitrogen and oxygen atoms in total. The number of nitrogens with zero attached hydrogens (tertiary/aromatic N) is 3. The lowest BCUT2D eigenvalue weighted by atomic mass is 9.91. The number of aliphatic hydroxyl groups is 1. The first-order chi connectivity index (χ1) is 16.8. The number of hydrogen-bond donors (Lipinski definition) is 3. The summed E-state index contributed by atoms with van der Waals surface area (Å²) in [5, 5.41) is 14.4. The Morgan fingerprint density at radius 2 is 1.72 bits per heavy atom. The predicted molar refractivity (Wildman–Crippen MR) is 133 cm³/mol. The Hall–Kier alpha value is -3.60. The largest absolute Gasteiger partial charge is 0.416 e. The van der Waals surface area contributed by atoms with Crippen LogP contribution in [0, 0.1) is 5.41 Å². The summed E-state index contributed by atoms with van der Waals surface area (Å²) in [5.41, 5.74) is 1.06. The van der Waals surface area contributed by atoms with Gasteiger partial charge in [0.2, 0.25) is 11.9 Å². The molecule has 194 valence electrons. The van der Waals surface area contributed by atoms with Gasteiger partial charge in [-0.25, -0.2) is 9.78 Å². The van der Waals surface area contributed by atoms with Gasteiger partial charge in [-0.3, -0.25) is 10.1 Å². The second-order valence-electron chi connectivity index (χ2n) is 9.68. The van der Waals surface area contributed by atoms with E-state index in [1.54, 1.807) is 34.7 Å². The second kappa shape index (κ2) is 10.6. The number of aliphatic hydroxyl groups excluding tert-OH is 1. The molecule has 1 aromatic heterocycles. The van der Waals surface area contributed by atoms with E-state index in [-0.39, 0.29) is 29.6 Å². The summed E-state index contributed by atoms with van der Waals surface area (Å²) in [6, 6.07) is 8.70. The third-order valence-corrected chi connectivity index (χ3v) is 5.41. The first kappa shape index (κ1) is 27.0. The molecule has 0 bridgehead atoms. The highest BCUT2D eigenvalue weighted by molar-refractivity contribution is 6.00. The number of anilines is 3. The van der Waals surface area contributed by atoms with E-state index in [4.69, 9.17) is 0 Å². The molecule has 3 aromatic rings. The molecule has 0 saturated carbocycles. The number of carbonyl (C=O) groups is 2. The van der Waals surface area contributed by atoms with Crippen LogP contribution in [0.15, 0.2) is 42.5 Å². The second-order valence-corrected chi connectivity index (χ2v) is 9.68. The molecule has 11 heteroatoms. The Bertz CT molecular complexity index is 1230. The number of hydrogen-bond acceptors (Lipinski definition) is 4. The van der Waals surface area contributed by atoms with Gasteiger partial charge in [0.25, 0.3) is 0 Å². The van der Waals surface area contributed by atoms with Crippen molar-refractivity contribution in [2.45, 2.75) is 46.3 Å². The monoisotopic (exact) mass is 505 g/mol. The van der Waals surface area contributed by atoms with E-state index in [1.807, 2.05) is 20.8 Å². The van der Waals surface area contributed by atoms with Gasteiger partial charge in [0.1, 0.15) is 0 Å². The summed E-state index contributed by atoms with van der Waals surface area (Å²) in [5.74, 6) is 0.152. The maximum Gasteiger partial charge on any atom is 0.416 e. The fourth-order valence-electron chi connectivity index (χ4n) is 3.60. The fraction of sp³-hybridized carbons (Fsp3) is 0.400. The number of alkyl halides is 3. The van der Waals surface area contributed by atoms with Gasteiger partial charge < -0.3 is 19.9 Å². The zero-order valence-electron chi connectivity index (χ0n) is 20.6. The number of aromatic nitrogens is 2. The molecule has 2 aromatic carbocycles. The molecule has 0 saturated heterocycles. The SMILES string of the molecule is CN(C(=O)CC(C)(C)C)c1ccc2c(c1)nc(NC(=O)Nc1ccc(C(F)(F)F)cc1)n2CCCO. The molecule has 0 radical (unpaired) electrons. The number of nitrogens with one attached hydrogen (secondary N) is 2. The van der Waals surface area contributed by atoms with Crippen molar-refractivity contribution >= 4 is 40.3 Å². The maximum atomic E-state index is 12.8.